The number of aryl methyl sites for hydroxylation is 1. The third-order valence-corrected chi connectivity index (χ3v) is 7.26. The number of fused-ring (bicyclic) bond motifs is 2. The highest BCUT2D eigenvalue weighted by Crippen LogP contribution is 2.44. The molecule has 0 saturated heterocycles. The molecular formula is C28H27ClF2N4O3. The molecule has 2 atom stereocenters. The first-order chi connectivity index (χ1) is 18.0. The van der Waals surface area contributed by atoms with Crippen LogP contribution in [0.25, 0.3) is 22.0 Å². The number of H-pyrrole nitrogens is 1. The smallest absolute Gasteiger partial charge is 0.319 e. The molecule has 0 radical (unpaired) electrons. The lowest BCUT2D eigenvalue weighted by atomic mass is 9.81. The van der Waals surface area contributed by atoms with Gasteiger partial charge in [-0.3, -0.25) is 0 Å². The molecule has 5 N–H and O–H groups in total. The molecule has 0 aliphatic carbocycles. The largest absolute Gasteiger partial charge is 0.495 e. The zero-order valence-electron chi connectivity index (χ0n) is 21.2. The Morgan fingerprint density at radius 1 is 1.18 bits per heavy atom. The van der Waals surface area contributed by atoms with Gasteiger partial charge in [-0.1, -0.05) is 29.8 Å². The van der Waals surface area contributed by atoms with Gasteiger partial charge in [0.15, 0.2) is 0 Å². The van der Waals surface area contributed by atoms with E-state index in [1.807, 2.05) is 13.0 Å². The van der Waals surface area contributed by atoms with Crippen LogP contribution in [-0.4, -0.2) is 34.9 Å². The molecule has 1 aliphatic rings. The number of ether oxygens (including phenoxy) is 1. The van der Waals surface area contributed by atoms with Crippen molar-refractivity contribution < 1.29 is 23.4 Å². The molecule has 1 aliphatic heterocycles. The highest BCUT2D eigenvalue weighted by Gasteiger charge is 2.44. The topological polar surface area (TPSA) is 98.4 Å². The number of methoxy groups -OCH3 is 1. The van der Waals surface area contributed by atoms with E-state index in [4.69, 9.17) is 16.3 Å². The number of rotatable bonds is 4. The second kappa shape index (κ2) is 9.49. The van der Waals surface area contributed by atoms with Crippen LogP contribution in [0.4, 0.5) is 25.0 Å². The van der Waals surface area contributed by atoms with Crippen molar-refractivity contribution >= 4 is 39.9 Å². The van der Waals surface area contributed by atoms with Gasteiger partial charge in [-0.05, 0) is 50.6 Å². The van der Waals surface area contributed by atoms with Crippen LogP contribution in [-0.2, 0) is 0 Å². The molecule has 0 bridgehead atoms. The Hall–Kier alpha value is -3.82. The highest BCUT2D eigenvalue weighted by atomic mass is 35.5. The average Bonchev–Trinajstić information content (AvgIpc) is 3.23. The predicted octanol–water partition coefficient (Wildman–Crippen LogP) is 6.51. The van der Waals surface area contributed by atoms with Gasteiger partial charge in [0.2, 0.25) is 0 Å². The fourth-order valence-electron chi connectivity index (χ4n) is 4.99. The standard InChI is InChI=1S/C28H27ClF2N4O3/c1-13-12-32-24-15(13)6-5-7-16(24)21-18(30)11-19-22(23(21)31)25(26(36)28(2,3)35-19)34-27(37)33-14-8-9-20(38-4)17(29)10-14/h5-12,25-26,32,35-36H,1-4H3,(H2,33,34,37)/t25-,26+/m0/s1. The summed E-state index contributed by atoms with van der Waals surface area (Å²) in [5.41, 5.74) is 1.07. The Balaban J connectivity index is 1.57. The number of aromatic nitrogens is 1. The Morgan fingerprint density at radius 3 is 2.66 bits per heavy atom. The summed E-state index contributed by atoms with van der Waals surface area (Å²) in [7, 11) is 1.47. The minimum Gasteiger partial charge on any atom is -0.495 e. The van der Waals surface area contributed by atoms with E-state index in [1.54, 1.807) is 44.3 Å². The van der Waals surface area contributed by atoms with Crippen LogP contribution in [0, 0.1) is 18.6 Å². The molecule has 0 unspecified atom stereocenters. The first-order valence-corrected chi connectivity index (χ1v) is 12.4. The second-order valence-electron chi connectivity index (χ2n) is 9.93. The molecule has 0 fully saturated rings. The molecule has 7 nitrogen and oxygen atoms in total. The molecule has 5 rings (SSSR count). The third kappa shape index (κ3) is 4.31. The quantitative estimate of drug-likeness (QED) is 0.204. The van der Waals surface area contributed by atoms with Crippen molar-refractivity contribution in [2.24, 2.45) is 0 Å². The predicted molar refractivity (Wildman–Crippen MR) is 145 cm³/mol. The van der Waals surface area contributed by atoms with E-state index in [-0.39, 0.29) is 16.8 Å². The van der Waals surface area contributed by atoms with E-state index >= 15 is 8.78 Å². The molecule has 0 saturated carbocycles. The lowest BCUT2D eigenvalue weighted by Crippen LogP contribution is -2.55. The molecule has 3 aromatic carbocycles. The molecule has 10 heteroatoms. The van der Waals surface area contributed by atoms with E-state index < -0.39 is 35.4 Å². The van der Waals surface area contributed by atoms with Crippen LogP contribution in [0.5, 0.6) is 5.75 Å². The summed E-state index contributed by atoms with van der Waals surface area (Å²) in [4.78, 5) is 16.1. The number of anilines is 2. The molecule has 4 aromatic rings. The van der Waals surface area contributed by atoms with E-state index in [0.717, 1.165) is 10.9 Å². The molecule has 2 amide bonds. The zero-order valence-corrected chi connectivity index (χ0v) is 21.9. The summed E-state index contributed by atoms with van der Waals surface area (Å²) < 4.78 is 36.9. The maximum atomic E-state index is 16.3. The molecule has 1 aromatic heterocycles. The number of amides is 2. The summed E-state index contributed by atoms with van der Waals surface area (Å²) in [5.74, 6) is -1.21. The van der Waals surface area contributed by atoms with Gasteiger partial charge < -0.3 is 30.8 Å². The van der Waals surface area contributed by atoms with E-state index in [0.29, 0.717) is 27.5 Å². The van der Waals surface area contributed by atoms with Crippen molar-refractivity contribution in [1.29, 1.82) is 0 Å². The van der Waals surface area contributed by atoms with Gasteiger partial charge in [-0.15, -0.1) is 0 Å². The number of aliphatic hydroxyl groups is 1. The Kier molecular flexibility index (Phi) is 6.44. The second-order valence-corrected chi connectivity index (χ2v) is 10.3. The summed E-state index contributed by atoms with van der Waals surface area (Å²) in [5, 5.41) is 20.7. The van der Waals surface area contributed by atoms with E-state index in [1.165, 1.54) is 19.2 Å². The van der Waals surface area contributed by atoms with Gasteiger partial charge >= 0.3 is 6.03 Å². The number of hydrogen-bond donors (Lipinski definition) is 5. The normalized spacial score (nSPS) is 18.0. The summed E-state index contributed by atoms with van der Waals surface area (Å²) in [6.45, 7) is 5.27. The number of aliphatic hydroxyl groups excluding tert-OH is 1. The van der Waals surface area contributed by atoms with Crippen molar-refractivity contribution in [3.8, 4) is 16.9 Å². The van der Waals surface area contributed by atoms with Crippen molar-refractivity contribution in [2.45, 2.75) is 38.5 Å². The van der Waals surface area contributed by atoms with Gasteiger partial charge in [0.05, 0.1) is 34.8 Å². The average molecular weight is 541 g/mol. The number of halogens is 3. The van der Waals surface area contributed by atoms with Crippen molar-refractivity contribution in [2.75, 3.05) is 17.7 Å². The Labute approximate surface area is 223 Å². The molecular weight excluding hydrogens is 514 g/mol. The number of urea groups is 1. The number of carbonyl (C=O) groups excluding carboxylic acids is 1. The third-order valence-electron chi connectivity index (χ3n) is 6.97. The first-order valence-electron chi connectivity index (χ1n) is 12.0. The minimum atomic E-state index is -1.25. The summed E-state index contributed by atoms with van der Waals surface area (Å²) >= 11 is 6.15. The number of aromatic amines is 1. The first kappa shape index (κ1) is 25.8. The Bertz CT molecular complexity index is 1570. The molecule has 0 spiro atoms. The SMILES string of the molecule is COc1ccc(NC(=O)N[C@H]2c3c(cc(F)c(-c4cccc5c(C)c[nH]c45)c3F)NC(C)(C)[C@@H]2O)cc1Cl. The van der Waals surface area contributed by atoms with Crippen LogP contribution in [0.1, 0.15) is 31.0 Å². The number of carbonyl (C=O) groups is 1. The van der Waals surface area contributed by atoms with Gasteiger partial charge in [0.25, 0.3) is 0 Å². The number of benzene rings is 3. The maximum absolute atomic E-state index is 16.3. The minimum absolute atomic E-state index is 0.0450. The number of hydrogen-bond acceptors (Lipinski definition) is 4. The lowest BCUT2D eigenvalue weighted by Gasteiger charge is -2.43. The van der Waals surface area contributed by atoms with Crippen molar-refractivity contribution in [1.82, 2.24) is 10.3 Å². The molecule has 38 heavy (non-hydrogen) atoms. The fourth-order valence-corrected chi connectivity index (χ4v) is 5.25. The van der Waals surface area contributed by atoms with Crippen LogP contribution >= 0.6 is 11.6 Å². The number of nitrogens with one attached hydrogen (secondary N) is 4. The van der Waals surface area contributed by atoms with Crippen LogP contribution in [0.2, 0.25) is 5.02 Å². The van der Waals surface area contributed by atoms with Crippen LogP contribution in [0.15, 0.2) is 48.7 Å². The van der Waals surface area contributed by atoms with Crippen LogP contribution in [0.3, 0.4) is 0 Å². The summed E-state index contributed by atoms with van der Waals surface area (Å²) in [6, 6.07) is 9.22. The summed E-state index contributed by atoms with van der Waals surface area (Å²) in [6.07, 6.45) is 0.521. The Morgan fingerprint density at radius 2 is 1.95 bits per heavy atom. The van der Waals surface area contributed by atoms with Gasteiger partial charge in [0.1, 0.15) is 23.5 Å². The van der Waals surface area contributed by atoms with Gasteiger partial charge in [-0.2, -0.15) is 0 Å². The zero-order chi connectivity index (χ0) is 27.4. The van der Waals surface area contributed by atoms with Crippen molar-refractivity contribution in [3.63, 3.8) is 0 Å². The maximum Gasteiger partial charge on any atom is 0.319 e. The monoisotopic (exact) mass is 540 g/mol. The molecule has 198 valence electrons. The van der Waals surface area contributed by atoms with E-state index in [2.05, 4.69) is 20.9 Å². The highest BCUT2D eigenvalue weighted by molar-refractivity contribution is 6.32. The molecule has 2 heterocycles. The van der Waals surface area contributed by atoms with Gasteiger partial charge in [0, 0.05) is 34.1 Å². The van der Waals surface area contributed by atoms with E-state index in [9.17, 15) is 9.90 Å². The van der Waals surface area contributed by atoms with Crippen molar-refractivity contribution in [3.05, 3.63) is 76.4 Å². The van der Waals surface area contributed by atoms with Gasteiger partial charge in [-0.25, -0.2) is 13.6 Å². The lowest BCUT2D eigenvalue weighted by molar-refractivity contribution is 0.0712. The number of para-hydroxylation sites is 1. The fraction of sp³-hybridized carbons (Fsp3) is 0.250. The van der Waals surface area contributed by atoms with Crippen LogP contribution < -0.4 is 20.7 Å².